The summed E-state index contributed by atoms with van der Waals surface area (Å²) in [6.07, 6.45) is 0. The molecule has 1 aromatic carbocycles. The van der Waals surface area contributed by atoms with Crippen LogP contribution in [0.2, 0.25) is 0 Å². The summed E-state index contributed by atoms with van der Waals surface area (Å²) in [4.78, 5) is 4.30. The largest absolute Gasteiger partial charge is 0.398 e. The summed E-state index contributed by atoms with van der Waals surface area (Å²) in [5, 5.41) is 0. The van der Waals surface area contributed by atoms with Crippen LogP contribution < -0.4 is 5.73 Å². The van der Waals surface area contributed by atoms with E-state index in [1.165, 1.54) is 11.5 Å². The maximum atomic E-state index is 5.91. The van der Waals surface area contributed by atoms with Gasteiger partial charge in [-0.1, -0.05) is 33.8 Å². The van der Waals surface area contributed by atoms with Crippen LogP contribution in [0.25, 0.3) is 0 Å². The van der Waals surface area contributed by atoms with Crippen molar-refractivity contribution in [3.63, 3.8) is 0 Å². The standard InChI is InChI=1S/C10H10BrN3S2/c1-6-13-10(16-14-6)15-5-7-8(11)3-2-4-9(7)12/h2-4H,5,12H2,1H3. The second-order valence-electron chi connectivity index (χ2n) is 3.20. The highest BCUT2D eigenvalue weighted by molar-refractivity contribution is 9.10. The summed E-state index contributed by atoms with van der Waals surface area (Å²) in [7, 11) is 0. The Morgan fingerprint density at radius 3 is 2.94 bits per heavy atom. The Kier molecular flexibility index (Phi) is 3.83. The molecule has 1 aromatic heterocycles. The van der Waals surface area contributed by atoms with Crippen molar-refractivity contribution in [1.82, 2.24) is 9.36 Å². The SMILES string of the molecule is Cc1nsc(SCc2c(N)cccc2Br)n1. The lowest BCUT2D eigenvalue weighted by Crippen LogP contribution is -1.93. The molecule has 0 aliphatic rings. The van der Waals surface area contributed by atoms with Gasteiger partial charge in [-0.05, 0) is 36.2 Å². The van der Waals surface area contributed by atoms with E-state index in [-0.39, 0.29) is 0 Å². The van der Waals surface area contributed by atoms with Crippen molar-refractivity contribution >= 4 is 44.9 Å². The fourth-order valence-corrected chi connectivity index (χ4v) is 3.62. The summed E-state index contributed by atoms with van der Waals surface area (Å²) in [6, 6.07) is 5.84. The smallest absolute Gasteiger partial charge is 0.170 e. The Morgan fingerprint density at radius 1 is 1.50 bits per heavy atom. The van der Waals surface area contributed by atoms with E-state index in [1.54, 1.807) is 11.8 Å². The predicted octanol–water partition coefficient (Wildman–Crippen LogP) is 3.48. The fourth-order valence-electron chi connectivity index (χ4n) is 1.20. The number of aromatic nitrogens is 2. The van der Waals surface area contributed by atoms with Gasteiger partial charge in [0.1, 0.15) is 5.82 Å². The van der Waals surface area contributed by atoms with Gasteiger partial charge in [-0.2, -0.15) is 4.37 Å². The Balaban J connectivity index is 2.10. The lowest BCUT2D eigenvalue weighted by atomic mass is 10.2. The summed E-state index contributed by atoms with van der Waals surface area (Å²) in [6.45, 7) is 1.90. The van der Waals surface area contributed by atoms with Gasteiger partial charge in [0.05, 0.1) is 0 Å². The van der Waals surface area contributed by atoms with E-state index in [9.17, 15) is 0 Å². The van der Waals surface area contributed by atoms with Crippen LogP contribution >= 0.6 is 39.2 Å². The summed E-state index contributed by atoms with van der Waals surface area (Å²) in [5.41, 5.74) is 7.83. The van der Waals surface area contributed by atoms with Crippen molar-refractivity contribution in [2.45, 2.75) is 17.0 Å². The van der Waals surface area contributed by atoms with Gasteiger partial charge in [-0.25, -0.2) is 4.98 Å². The highest BCUT2D eigenvalue weighted by Crippen LogP contribution is 2.31. The average molecular weight is 316 g/mol. The molecule has 0 fully saturated rings. The molecule has 0 bridgehead atoms. The molecule has 2 rings (SSSR count). The van der Waals surface area contributed by atoms with Crippen LogP contribution in [-0.4, -0.2) is 9.36 Å². The molecule has 3 nitrogen and oxygen atoms in total. The second kappa shape index (κ2) is 5.16. The van der Waals surface area contributed by atoms with Crippen LogP contribution in [0.3, 0.4) is 0 Å². The number of hydrogen-bond acceptors (Lipinski definition) is 5. The first-order chi connectivity index (χ1) is 7.66. The maximum absolute atomic E-state index is 5.91. The molecule has 6 heteroatoms. The molecule has 0 aliphatic heterocycles. The van der Waals surface area contributed by atoms with E-state index in [0.717, 1.165) is 31.6 Å². The van der Waals surface area contributed by atoms with Crippen LogP contribution in [0.5, 0.6) is 0 Å². The lowest BCUT2D eigenvalue weighted by molar-refractivity contribution is 1.10. The zero-order valence-corrected chi connectivity index (χ0v) is 11.8. The van der Waals surface area contributed by atoms with E-state index < -0.39 is 0 Å². The molecule has 16 heavy (non-hydrogen) atoms. The summed E-state index contributed by atoms with van der Waals surface area (Å²) >= 11 is 6.58. The molecule has 1 heterocycles. The van der Waals surface area contributed by atoms with E-state index >= 15 is 0 Å². The molecule has 84 valence electrons. The van der Waals surface area contributed by atoms with Gasteiger partial charge < -0.3 is 5.73 Å². The third-order valence-corrected chi connectivity index (χ3v) is 4.70. The van der Waals surface area contributed by atoms with Crippen LogP contribution in [0.4, 0.5) is 5.69 Å². The normalized spacial score (nSPS) is 10.6. The van der Waals surface area contributed by atoms with Crippen molar-refractivity contribution in [3.8, 4) is 0 Å². The van der Waals surface area contributed by atoms with Gasteiger partial charge in [0.25, 0.3) is 0 Å². The number of anilines is 1. The number of rotatable bonds is 3. The first-order valence-corrected chi connectivity index (χ1v) is 7.18. The van der Waals surface area contributed by atoms with Crippen LogP contribution in [0, 0.1) is 6.92 Å². The number of thioether (sulfide) groups is 1. The van der Waals surface area contributed by atoms with Crippen molar-refractivity contribution in [3.05, 3.63) is 34.1 Å². The van der Waals surface area contributed by atoms with E-state index in [2.05, 4.69) is 25.3 Å². The molecule has 0 aliphatic carbocycles. The molecule has 2 N–H and O–H groups in total. The number of nitrogens with zero attached hydrogens (tertiary/aromatic N) is 2. The minimum atomic E-state index is 0.807. The first kappa shape index (κ1) is 11.9. The van der Waals surface area contributed by atoms with Crippen molar-refractivity contribution in [2.24, 2.45) is 0 Å². The molecular formula is C10H10BrN3S2. The van der Waals surface area contributed by atoms with E-state index in [1.807, 2.05) is 25.1 Å². The second-order valence-corrected chi connectivity index (χ2v) is 6.03. The summed E-state index contributed by atoms with van der Waals surface area (Å²) in [5.74, 6) is 1.63. The monoisotopic (exact) mass is 315 g/mol. The fraction of sp³-hybridized carbons (Fsp3) is 0.200. The molecule has 0 atom stereocenters. The molecule has 0 saturated carbocycles. The van der Waals surface area contributed by atoms with Crippen molar-refractivity contribution < 1.29 is 0 Å². The molecule has 0 unspecified atom stereocenters. The zero-order chi connectivity index (χ0) is 11.5. The van der Waals surface area contributed by atoms with Gasteiger partial charge in [0.2, 0.25) is 0 Å². The van der Waals surface area contributed by atoms with Crippen LogP contribution in [0.15, 0.2) is 27.0 Å². The number of nitrogen functional groups attached to an aromatic ring is 1. The molecule has 0 radical (unpaired) electrons. The number of benzene rings is 1. The number of nitrogens with two attached hydrogens (primary N) is 1. The van der Waals surface area contributed by atoms with Gasteiger partial charge >= 0.3 is 0 Å². The third kappa shape index (κ3) is 2.75. The van der Waals surface area contributed by atoms with Gasteiger partial charge in [-0.15, -0.1) is 0 Å². The Morgan fingerprint density at radius 2 is 2.31 bits per heavy atom. The highest BCUT2D eigenvalue weighted by atomic mass is 79.9. The third-order valence-electron chi connectivity index (χ3n) is 2.00. The summed E-state index contributed by atoms with van der Waals surface area (Å²) < 4.78 is 6.16. The Labute approximate surface area is 111 Å². The minimum Gasteiger partial charge on any atom is -0.398 e. The first-order valence-electron chi connectivity index (χ1n) is 4.63. The zero-order valence-electron chi connectivity index (χ0n) is 8.61. The lowest BCUT2D eigenvalue weighted by Gasteiger charge is -2.05. The average Bonchev–Trinajstić information content (AvgIpc) is 2.63. The number of hydrogen-bond donors (Lipinski definition) is 1. The molecule has 0 spiro atoms. The Bertz CT molecular complexity index is 478. The predicted molar refractivity (Wildman–Crippen MR) is 72.8 cm³/mol. The van der Waals surface area contributed by atoms with Crippen molar-refractivity contribution in [2.75, 3.05) is 5.73 Å². The minimum absolute atomic E-state index is 0.807. The van der Waals surface area contributed by atoms with Gasteiger partial charge in [0, 0.05) is 15.9 Å². The highest BCUT2D eigenvalue weighted by Gasteiger charge is 2.07. The van der Waals surface area contributed by atoms with Crippen LogP contribution in [0.1, 0.15) is 11.4 Å². The number of halogens is 1. The molecular weight excluding hydrogens is 306 g/mol. The van der Waals surface area contributed by atoms with Crippen molar-refractivity contribution in [1.29, 1.82) is 0 Å². The van der Waals surface area contributed by atoms with Gasteiger partial charge in [-0.3, -0.25) is 0 Å². The Hall–Kier alpha value is -0.590. The quantitative estimate of drug-likeness (QED) is 0.696. The van der Waals surface area contributed by atoms with Gasteiger partial charge in [0.15, 0.2) is 4.34 Å². The topological polar surface area (TPSA) is 51.8 Å². The van der Waals surface area contributed by atoms with Crippen LogP contribution in [-0.2, 0) is 5.75 Å². The maximum Gasteiger partial charge on any atom is 0.170 e. The van der Waals surface area contributed by atoms with E-state index in [0.29, 0.717) is 0 Å². The molecule has 0 amide bonds. The molecule has 2 aromatic rings. The molecule has 0 saturated heterocycles. The number of aryl methyl sites for hydroxylation is 1. The van der Waals surface area contributed by atoms with E-state index in [4.69, 9.17) is 5.73 Å².